The predicted molar refractivity (Wildman–Crippen MR) is 179 cm³/mol. The van der Waals surface area contributed by atoms with Crippen molar-refractivity contribution in [3.8, 4) is 0 Å². The van der Waals surface area contributed by atoms with E-state index in [1.165, 1.54) is 18.5 Å². The van der Waals surface area contributed by atoms with E-state index in [-0.39, 0.29) is 30.5 Å². The maximum absolute atomic E-state index is 14.8. The molecule has 3 heterocycles. The number of hydrogen-bond donors (Lipinski definition) is 3. The molecule has 2 aromatic heterocycles. The van der Waals surface area contributed by atoms with Crippen LogP contribution in [0.25, 0.3) is 17.0 Å². The zero-order valence-corrected chi connectivity index (χ0v) is 26.1. The van der Waals surface area contributed by atoms with Crippen molar-refractivity contribution in [2.24, 2.45) is 0 Å². The summed E-state index contributed by atoms with van der Waals surface area (Å²) in [7, 11) is 2.09. The van der Waals surface area contributed by atoms with Gasteiger partial charge in [-0.25, -0.2) is 28.1 Å². The molecule has 6 rings (SSSR count). The van der Waals surface area contributed by atoms with Gasteiger partial charge in [0, 0.05) is 36.1 Å². The molecule has 0 aliphatic carbocycles. The summed E-state index contributed by atoms with van der Waals surface area (Å²) < 4.78 is 42.8. The van der Waals surface area contributed by atoms with Gasteiger partial charge in [-0.3, -0.25) is 14.2 Å². The van der Waals surface area contributed by atoms with Gasteiger partial charge >= 0.3 is 0 Å². The van der Waals surface area contributed by atoms with E-state index in [0.29, 0.717) is 28.4 Å². The SMILES string of the molecule is CN1CCC(Nc2ccc(Nc3ncc4cc(C=CCNC(=O)c5cncn(Cc6ccc(F)c(F)c6)c5=O)ccc4n3)cc2F)CC1. The van der Waals surface area contributed by atoms with Crippen LogP contribution in [0.4, 0.5) is 30.5 Å². The molecule has 0 saturated carbocycles. The summed E-state index contributed by atoms with van der Waals surface area (Å²) in [6, 6.07) is 14.1. The third-order valence-electron chi connectivity index (χ3n) is 8.08. The van der Waals surface area contributed by atoms with Gasteiger partial charge in [0.15, 0.2) is 11.6 Å². The molecule has 48 heavy (non-hydrogen) atoms. The van der Waals surface area contributed by atoms with Crippen LogP contribution in [0.1, 0.15) is 34.3 Å². The summed E-state index contributed by atoms with van der Waals surface area (Å²) in [4.78, 5) is 40.6. The van der Waals surface area contributed by atoms with Crippen molar-refractivity contribution < 1.29 is 18.0 Å². The number of anilines is 3. The lowest BCUT2D eigenvalue weighted by Crippen LogP contribution is -2.36. The van der Waals surface area contributed by atoms with Crippen molar-refractivity contribution in [2.75, 3.05) is 37.3 Å². The van der Waals surface area contributed by atoms with Gasteiger partial charge in [0.05, 0.1) is 24.1 Å². The fraction of sp³-hybridized carbons (Fsp3) is 0.229. The first-order valence-corrected chi connectivity index (χ1v) is 15.4. The highest BCUT2D eigenvalue weighted by atomic mass is 19.2. The van der Waals surface area contributed by atoms with E-state index in [9.17, 15) is 22.8 Å². The third kappa shape index (κ3) is 7.86. The average Bonchev–Trinajstić information content (AvgIpc) is 3.08. The molecule has 0 bridgehead atoms. The molecule has 1 fully saturated rings. The van der Waals surface area contributed by atoms with Gasteiger partial charge in [-0.1, -0.05) is 24.3 Å². The number of piperidine rings is 1. The van der Waals surface area contributed by atoms with E-state index >= 15 is 0 Å². The minimum Gasteiger partial charge on any atom is -0.380 e. The predicted octanol–water partition coefficient (Wildman–Crippen LogP) is 5.35. The van der Waals surface area contributed by atoms with E-state index < -0.39 is 23.1 Å². The van der Waals surface area contributed by atoms with Crippen molar-refractivity contribution in [2.45, 2.75) is 25.4 Å². The van der Waals surface area contributed by atoms with E-state index in [1.54, 1.807) is 30.5 Å². The van der Waals surface area contributed by atoms with Crippen LogP contribution in [0.5, 0.6) is 0 Å². The van der Waals surface area contributed by atoms with Crippen LogP contribution in [-0.2, 0) is 6.54 Å². The Labute approximate surface area is 274 Å². The number of nitrogens with zero attached hydrogens (tertiary/aromatic N) is 5. The van der Waals surface area contributed by atoms with E-state index in [0.717, 1.165) is 59.8 Å². The summed E-state index contributed by atoms with van der Waals surface area (Å²) in [5.41, 5.74) is 2.11. The number of amides is 1. The molecule has 1 aliphatic rings. The second kappa shape index (κ2) is 14.5. The van der Waals surface area contributed by atoms with Gasteiger partial charge in [-0.15, -0.1) is 0 Å². The Bertz CT molecular complexity index is 2040. The molecule has 0 radical (unpaired) electrons. The number of carbonyl (C=O) groups is 1. The zero-order chi connectivity index (χ0) is 33.6. The van der Waals surface area contributed by atoms with Crippen molar-refractivity contribution in [3.63, 3.8) is 0 Å². The molecule has 246 valence electrons. The molecule has 10 nitrogen and oxygen atoms in total. The summed E-state index contributed by atoms with van der Waals surface area (Å²) in [6.45, 7) is 2.03. The Morgan fingerprint density at radius 3 is 2.60 bits per heavy atom. The number of fused-ring (bicyclic) bond motifs is 1. The van der Waals surface area contributed by atoms with Gasteiger partial charge in [0.25, 0.3) is 11.5 Å². The highest BCUT2D eigenvalue weighted by Gasteiger charge is 2.18. The molecule has 1 amide bonds. The maximum atomic E-state index is 14.8. The standard InChI is InChI=1S/C35H33F3N8O2/c1-45-13-10-25(11-14-45)42-32-9-6-26(17-30(32)38)43-35-41-18-24-15-22(5-8-31(24)44-35)3-2-12-40-33(47)27-19-39-21-46(34(27)48)20-23-4-7-28(36)29(37)16-23/h2-9,15-19,21,25,42H,10-14,20H2,1H3,(H,40,47)(H,41,43,44). The van der Waals surface area contributed by atoms with Crippen LogP contribution in [-0.4, -0.2) is 63.0 Å². The first-order chi connectivity index (χ1) is 23.2. The second-order valence-corrected chi connectivity index (χ2v) is 11.7. The van der Waals surface area contributed by atoms with E-state index in [4.69, 9.17) is 0 Å². The van der Waals surface area contributed by atoms with Gasteiger partial charge in [0.2, 0.25) is 5.95 Å². The summed E-state index contributed by atoms with van der Waals surface area (Å²) in [6.07, 6.45) is 9.54. The van der Waals surface area contributed by atoms with Gasteiger partial charge in [-0.05, 0) is 86.6 Å². The molecular formula is C35H33F3N8O2. The zero-order valence-electron chi connectivity index (χ0n) is 26.1. The highest BCUT2D eigenvalue weighted by molar-refractivity contribution is 5.93. The Morgan fingerprint density at radius 1 is 0.979 bits per heavy atom. The van der Waals surface area contributed by atoms with Gasteiger partial charge < -0.3 is 20.9 Å². The van der Waals surface area contributed by atoms with Crippen LogP contribution in [0.3, 0.4) is 0 Å². The highest BCUT2D eigenvalue weighted by Crippen LogP contribution is 2.24. The maximum Gasteiger partial charge on any atom is 0.266 e. The molecule has 1 saturated heterocycles. The number of nitrogens with one attached hydrogen (secondary N) is 3. The molecule has 13 heteroatoms. The number of rotatable bonds is 10. The molecule has 1 aliphatic heterocycles. The molecule has 3 aromatic carbocycles. The number of aromatic nitrogens is 4. The first kappa shape index (κ1) is 32.4. The Balaban J connectivity index is 1.03. The Morgan fingerprint density at radius 2 is 1.81 bits per heavy atom. The van der Waals surface area contributed by atoms with E-state index in [1.807, 2.05) is 18.2 Å². The lowest BCUT2D eigenvalue weighted by atomic mass is 10.1. The van der Waals surface area contributed by atoms with Crippen LogP contribution in [0.15, 0.2) is 84.2 Å². The summed E-state index contributed by atoms with van der Waals surface area (Å²) >= 11 is 0. The smallest absolute Gasteiger partial charge is 0.266 e. The lowest BCUT2D eigenvalue weighted by molar-refractivity contribution is 0.0955. The molecule has 5 aromatic rings. The van der Waals surface area contributed by atoms with Gasteiger partial charge in [-0.2, -0.15) is 0 Å². The quantitative estimate of drug-likeness (QED) is 0.185. The Hall–Kier alpha value is -5.56. The minimum absolute atomic E-state index is 0.0740. The first-order valence-electron chi connectivity index (χ1n) is 15.4. The van der Waals surface area contributed by atoms with Crippen LogP contribution < -0.4 is 21.5 Å². The van der Waals surface area contributed by atoms with Crippen molar-refractivity contribution in [1.29, 1.82) is 0 Å². The molecular weight excluding hydrogens is 621 g/mol. The number of benzene rings is 3. The monoisotopic (exact) mass is 654 g/mol. The van der Waals surface area contributed by atoms with Crippen LogP contribution >= 0.6 is 0 Å². The lowest BCUT2D eigenvalue weighted by Gasteiger charge is -2.30. The fourth-order valence-corrected chi connectivity index (χ4v) is 5.42. The van der Waals surface area contributed by atoms with Crippen molar-refractivity contribution in [1.82, 2.24) is 29.7 Å². The second-order valence-electron chi connectivity index (χ2n) is 11.7. The number of likely N-dealkylation sites (tertiary alicyclic amines) is 1. The summed E-state index contributed by atoms with van der Waals surface area (Å²) in [5, 5.41) is 9.83. The largest absolute Gasteiger partial charge is 0.380 e. The van der Waals surface area contributed by atoms with Crippen molar-refractivity contribution >= 4 is 40.2 Å². The fourth-order valence-electron chi connectivity index (χ4n) is 5.42. The molecule has 0 atom stereocenters. The number of hydrogen-bond acceptors (Lipinski definition) is 8. The molecule has 3 N–H and O–H groups in total. The minimum atomic E-state index is -1.03. The average molecular weight is 655 g/mol. The van der Waals surface area contributed by atoms with Crippen LogP contribution in [0.2, 0.25) is 0 Å². The Kier molecular flexibility index (Phi) is 9.76. The summed E-state index contributed by atoms with van der Waals surface area (Å²) in [5.74, 6) is -2.64. The molecule has 0 spiro atoms. The number of carbonyl (C=O) groups excluding carboxylic acids is 1. The third-order valence-corrected chi connectivity index (χ3v) is 8.08. The topological polar surface area (TPSA) is 117 Å². The van der Waals surface area contributed by atoms with Gasteiger partial charge in [0.1, 0.15) is 11.4 Å². The van der Waals surface area contributed by atoms with Crippen molar-refractivity contribution in [3.05, 3.63) is 124 Å². The normalized spacial score (nSPS) is 14.0. The number of halogens is 3. The molecule has 0 unspecified atom stereocenters. The van der Waals surface area contributed by atoms with Crippen LogP contribution in [0, 0.1) is 17.5 Å². The van der Waals surface area contributed by atoms with E-state index in [2.05, 4.69) is 42.8 Å².